The monoisotopic (exact) mass is 221 g/mol. The number of likely N-dealkylation sites (tertiary alicyclic amines) is 1. The molecule has 1 aliphatic rings. The lowest BCUT2D eigenvalue weighted by Gasteiger charge is -2.23. The molecule has 0 radical (unpaired) electrons. The third-order valence-corrected chi connectivity index (χ3v) is 3.07. The highest BCUT2D eigenvalue weighted by Gasteiger charge is 2.26. The average molecular weight is 221 g/mol. The Morgan fingerprint density at radius 2 is 2.53 bits per heavy atom. The molecule has 0 aliphatic carbocycles. The van der Waals surface area contributed by atoms with Crippen molar-refractivity contribution in [2.75, 3.05) is 6.54 Å². The number of hydrogen-bond donors (Lipinski definition) is 1. The summed E-state index contributed by atoms with van der Waals surface area (Å²) in [6.45, 7) is 1.98. The maximum atomic E-state index is 5.72. The first-order chi connectivity index (χ1) is 7.27. The van der Waals surface area contributed by atoms with E-state index in [4.69, 9.17) is 18.0 Å². The number of nitrogens with zero attached hydrogens (tertiary/aromatic N) is 2. The molecule has 1 aliphatic heterocycles. The lowest BCUT2D eigenvalue weighted by molar-refractivity contribution is 0.295. The third kappa shape index (κ3) is 2.52. The van der Waals surface area contributed by atoms with Gasteiger partial charge in [-0.25, -0.2) is 0 Å². The molecule has 1 unspecified atom stereocenters. The Morgan fingerprint density at radius 3 is 3.20 bits per heavy atom. The second-order valence-electron chi connectivity index (χ2n) is 3.89. The van der Waals surface area contributed by atoms with Crippen LogP contribution in [-0.2, 0) is 6.54 Å². The van der Waals surface area contributed by atoms with Crippen LogP contribution in [0.25, 0.3) is 0 Å². The van der Waals surface area contributed by atoms with Crippen LogP contribution in [0.4, 0.5) is 0 Å². The van der Waals surface area contributed by atoms with E-state index in [2.05, 4.69) is 16.0 Å². The van der Waals surface area contributed by atoms with E-state index in [0.717, 1.165) is 19.5 Å². The number of aromatic nitrogens is 1. The first-order valence-electron chi connectivity index (χ1n) is 5.19. The minimum Gasteiger partial charge on any atom is -0.392 e. The highest BCUT2D eigenvalue weighted by molar-refractivity contribution is 7.80. The molecule has 1 saturated heterocycles. The molecular formula is C11H15N3S. The van der Waals surface area contributed by atoms with Gasteiger partial charge in [0, 0.05) is 18.9 Å². The summed E-state index contributed by atoms with van der Waals surface area (Å²) in [5.74, 6) is 0. The minimum atomic E-state index is 0.278. The summed E-state index contributed by atoms with van der Waals surface area (Å²) in [6.07, 6.45) is 5.96. The zero-order valence-electron chi connectivity index (χ0n) is 8.60. The van der Waals surface area contributed by atoms with Gasteiger partial charge in [-0.2, -0.15) is 0 Å². The molecule has 1 atom stereocenters. The summed E-state index contributed by atoms with van der Waals surface area (Å²) in [4.78, 5) is 7.06. The number of pyridine rings is 1. The lowest BCUT2D eigenvalue weighted by atomic mass is 10.2. The van der Waals surface area contributed by atoms with Gasteiger partial charge in [-0.3, -0.25) is 9.88 Å². The van der Waals surface area contributed by atoms with Crippen molar-refractivity contribution in [3.8, 4) is 0 Å². The molecule has 0 bridgehead atoms. The molecule has 0 aromatic carbocycles. The van der Waals surface area contributed by atoms with E-state index < -0.39 is 0 Å². The maximum absolute atomic E-state index is 5.72. The highest BCUT2D eigenvalue weighted by Crippen LogP contribution is 2.19. The van der Waals surface area contributed by atoms with Crippen molar-refractivity contribution < 1.29 is 0 Å². The Labute approximate surface area is 95.3 Å². The van der Waals surface area contributed by atoms with Crippen LogP contribution in [0.2, 0.25) is 0 Å². The van der Waals surface area contributed by atoms with E-state index in [9.17, 15) is 0 Å². The molecular weight excluding hydrogens is 206 g/mol. The van der Waals surface area contributed by atoms with Gasteiger partial charge in [0.25, 0.3) is 0 Å². The Kier molecular flexibility index (Phi) is 3.28. The second-order valence-corrected chi connectivity index (χ2v) is 4.36. The molecule has 80 valence electrons. The van der Waals surface area contributed by atoms with Crippen LogP contribution in [0.1, 0.15) is 18.4 Å². The topological polar surface area (TPSA) is 42.1 Å². The molecule has 0 spiro atoms. The van der Waals surface area contributed by atoms with Gasteiger partial charge >= 0.3 is 0 Å². The summed E-state index contributed by atoms with van der Waals surface area (Å²) in [5.41, 5.74) is 6.94. The first-order valence-corrected chi connectivity index (χ1v) is 5.60. The molecule has 4 heteroatoms. The molecule has 3 nitrogen and oxygen atoms in total. The molecule has 0 saturated carbocycles. The molecule has 2 heterocycles. The van der Waals surface area contributed by atoms with E-state index in [0.29, 0.717) is 4.99 Å². The predicted molar refractivity (Wildman–Crippen MR) is 64.5 cm³/mol. The standard InChI is InChI=1S/C11H15N3S/c12-11(15)10-4-2-6-14(10)8-9-3-1-5-13-7-9/h1,3,5,7,10H,2,4,6,8H2,(H2,12,15). The van der Waals surface area contributed by atoms with Crippen LogP contribution < -0.4 is 5.73 Å². The van der Waals surface area contributed by atoms with Crippen molar-refractivity contribution in [1.29, 1.82) is 0 Å². The summed E-state index contributed by atoms with van der Waals surface area (Å²) in [7, 11) is 0. The molecule has 1 fully saturated rings. The van der Waals surface area contributed by atoms with Gasteiger partial charge in [0.2, 0.25) is 0 Å². The fourth-order valence-corrected chi connectivity index (χ4v) is 2.33. The van der Waals surface area contributed by atoms with Crippen LogP contribution in [0, 0.1) is 0 Å². The minimum absolute atomic E-state index is 0.278. The molecule has 15 heavy (non-hydrogen) atoms. The van der Waals surface area contributed by atoms with Crippen molar-refractivity contribution >= 4 is 17.2 Å². The number of rotatable bonds is 3. The van der Waals surface area contributed by atoms with Crippen LogP contribution in [0.15, 0.2) is 24.5 Å². The van der Waals surface area contributed by atoms with E-state index in [1.165, 1.54) is 12.0 Å². The highest BCUT2D eigenvalue weighted by atomic mass is 32.1. The second kappa shape index (κ2) is 4.68. The number of hydrogen-bond acceptors (Lipinski definition) is 3. The smallest absolute Gasteiger partial charge is 0.0902 e. The summed E-state index contributed by atoms with van der Waals surface area (Å²) in [6, 6.07) is 4.32. The third-order valence-electron chi connectivity index (χ3n) is 2.80. The first kappa shape index (κ1) is 10.5. The van der Waals surface area contributed by atoms with Crippen molar-refractivity contribution in [3.05, 3.63) is 30.1 Å². The van der Waals surface area contributed by atoms with Crippen LogP contribution in [0.3, 0.4) is 0 Å². The molecule has 1 aromatic rings. The van der Waals surface area contributed by atoms with Crippen molar-refractivity contribution in [2.24, 2.45) is 5.73 Å². The molecule has 1 aromatic heterocycles. The zero-order valence-corrected chi connectivity index (χ0v) is 9.41. The van der Waals surface area contributed by atoms with Crippen molar-refractivity contribution in [2.45, 2.75) is 25.4 Å². The van der Waals surface area contributed by atoms with Crippen molar-refractivity contribution in [1.82, 2.24) is 9.88 Å². The van der Waals surface area contributed by atoms with Crippen LogP contribution in [0.5, 0.6) is 0 Å². The zero-order chi connectivity index (χ0) is 10.7. The molecule has 0 amide bonds. The fraction of sp³-hybridized carbons (Fsp3) is 0.455. The Morgan fingerprint density at radius 1 is 1.67 bits per heavy atom. The fourth-order valence-electron chi connectivity index (χ4n) is 2.06. The number of thiocarbonyl (C=S) groups is 1. The Bertz CT molecular complexity index is 339. The van der Waals surface area contributed by atoms with Gasteiger partial charge in [-0.15, -0.1) is 0 Å². The lowest BCUT2D eigenvalue weighted by Crippen LogP contribution is -2.38. The van der Waals surface area contributed by atoms with Gasteiger partial charge in [0.15, 0.2) is 0 Å². The van der Waals surface area contributed by atoms with E-state index in [1.807, 2.05) is 12.3 Å². The molecule has 2 N–H and O–H groups in total. The van der Waals surface area contributed by atoms with Gasteiger partial charge in [-0.05, 0) is 31.0 Å². The number of nitrogens with two attached hydrogens (primary N) is 1. The van der Waals surface area contributed by atoms with E-state index in [1.54, 1.807) is 6.20 Å². The van der Waals surface area contributed by atoms with Crippen molar-refractivity contribution in [3.63, 3.8) is 0 Å². The predicted octanol–water partition coefficient (Wildman–Crippen LogP) is 1.33. The quantitative estimate of drug-likeness (QED) is 0.782. The SMILES string of the molecule is NC(=S)C1CCCN1Cc1cccnc1. The van der Waals surface area contributed by atoms with Gasteiger partial charge in [0.1, 0.15) is 0 Å². The normalized spacial score (nSPS) is 21.7. The summed E-state index contributed by atoms with van der Waals surface area (Å²) in [5, 5.41) is 0. The average Bonchev–Trinajstić information content (AvgIpc) is 2.67. The van der Waals surface area contributed by atoms with E-state index >= 15 is 0 Å². The Hall–Kier alpha value is -1.00. The largest absolute Gasteiger partial charge is 0.392 e. The van der Waals surface area contributed by atoms with E-state index in [-0.39, 0.29) is 6.04 Å². The van der Waals surface area contributed by atoms with Crippen LogP contribution in [-0.4, -0.2) is 27.5 Å². The van der Waals surface area contributed by atoms with Gasteiger partial charge in [-0.1, -0.05) is 18.3 Å². The Balaban J connectivity index is 2.03. The van der Waals surface area contributed by atoms with Crippen LogP contribution >= 0.6 is 12.2 Å². The molecule has 2 rings (SSSR count). The van der Waals surface area contributed by atoms with Gasteiger partial charge in [0.05, 0.1) is 11.0 Å². The maximum Gasteiger partial charge on any atom is 0.0902 e. The summed E-state index contributed by atoms with van der Waals surface area (Å²) < 4.78 is 0. The summed E-state index contributed by atoms with van der Waals surface area (Å²) >= 11 is 5.07. The van der Waals surface area contributed by atoms with Gasteiger partial charge < -0.3 is 5.73 Å².